The fraction of sp³-hybridized carbons (Fsp3) is 0.0513. The summed E-state index contributed by atoms with van der Waals surface area (Å²) in [6.07, 6.45) is 0. The summed E-state index contributed by atoms with van der Waals surface area (Å²) in [5.41, 5.74) is 13.3. The maximum atomic E-state index is 5.93. The van der Waals surface area contributed by atoms with Gasteiger partial charge in [0.05, 0.1) is 0 Å². The Morgan fingerprint density at radius 3 is 1.26 bits per heavy atom. The maximum Gasteiger partial charge on any atom is 0.227 e. The van der Waals surface area contributed by atoms with Gasteiger partial charge in [-0.2, -0.15) is 0 Å². The van der Waals surface area contributed by atoms with E-state index in [-0.39, 0.29) is 0 Å². The molecule has 0 fully saturated rings. The number of rotatable bonds is 6. The Balaban J connectivity index is 1.12. The second-order valence-corrected chi connectivity index (χ2v) is 10.7. The van der Waals surface area contributed by atoms with Crippen LogP contribution in [0.5, 0.6) is 0 Å². The van der Waals surface area contributed by atoms with Crippen LogP contribution in [0, 0.1) is 13.8 Å². The summed E-state index contributed by atoms with van der Waals surface area (Å²) >= 11 is 0. The van der Waals surface area contributed by atoms with Crippen molar-refractivity contribution < 1.29 is 4.42 Å². The quantitative estimate of drug-likeness (QED) is 0.209. The van der Waals surface area contributed by atoms with Gasteiger partial charge < -0.3 is 9.32 Å². The van der Waals surface area contributed by atoms with Crippen molar-refractivity contribution in [2.45, 2.75) is 13.8 Å². The largest absolute Gasteiger partial charge is 0.436 e. The molecule has 0 radical (unpaired) electrons. The van der Waals surface area contributed by atoms with E-state index in [4.69, 9.17) is 4.42 Å². The van der Waals surface area contributed by atoms with Gasteiger partial charge in [-0.15, -0.1) is 0 Å². The normalized spacial score (nSPS) is 11.1. The van der Waals surface area contributed by atoms with E-state index in [1.54, 1.807) is 0 Å². The molecule has 6 aromatic carbocycles. The van der Waals surface area contributed by atoms with Crippen molar-refractivity contribution >= 4 is 28.2 Å². The second kappa shape index (κ2) is 10.9. The molecule has 0 bridgehead atoms. The van der Waals surface area contributed by atoms with Crippen LogP contribution in [0.2, 0.25) is 0 Å². The number of aromatic nitrogens is 1. The van der Waals surface area contributed by atoms with Crippen LogP contribution in [0.15, 0.2) is 150 Å². The highest BCUT2D eigenvalue weighted by molar-refractivity contribution is 5.80. The van der Waals surface area contributed by atoms with Gasteiger partial charge in [-0.3, -0.25) is 0 Å². The summed E-state index contributed by atoms with van der Waals surface area (Å²) < 4.78 is 5.93. The summed E-state index contributed by atoms with van der Waals surface area (Å²) in [5.74, 6) is 0.643. The molecule has 0 saturated carbocycles. The van der Waals surface area contributed by atoms with Crippen molar-refractivity contribution in [3.05, 3.63) is 157 Å². The van der Waals surface area contributed by atoms with Gasteiger partial charge in [-0.05, 0) is 96.8 Å². The smallest absolute Gasteiger partial charge is 0.227 e. The number of aryl methyl sites for hydroxylation is 2. The summed E-state index contributed by atoms with van der Waals surface area (Å²) in [5, 5.41) is 0. The average Bonchev–Trinajstić information content (AvgIpc) is 3.48. The molecule has 0 amide bonds. The zero-order valence-electron chi connectivity index (χ0n) is 23.7. The molecule has 0 saturated heterocycles. The van der Waals surface area contributed by atoms with Gasteiger partial charge in [0.15, 0.2) is 5.58 Å². The molecule has 202 valence electrons. The Morgan fingerprint density at radius 2 is 0.810 bits per heavy atom. The fourth-order valence-corrected chi connectivity index (χ4v) is 5.29. The van der Waals surface area contributed by atoms with Crippen LogP contribution < -0.4 is 4.90 Å². The molecule has 0 N–H and O–H groups in total. The summed E-state index contributed by atoms with van der Waals surface area (Å²) in [4.78, 5) is 6.92. The van der Waals surface area contributed by atoms with Crippen molar-refractivity contribution in [1.82, 2.24) is 4.98 Å². The molecule has 0 spiro atoms. The Hall–Kier alpha value is -5.41. The van der Waals surface area contributed by atoms with Gasteiger partial charge >= 0.3 is 0 Å². The molecule has 7 rings (SSSR count). The highest BCUT2D eigenvalue weighted by Gasteiger charge is 2.13. The molecule has 0 unspecified atom stereocenters. The van der Waals surface area contributed by atoms with E-state index in [9.17, 15) is 0 Å². The van der Waals surface area contributed by atoms with Crippen LogP contribution in [0.4, 0.5) is 17.1 Å². The van der Waals surface area contributed by atoms with Crippen molar-refractivity contribution in [1.29, 1.82) is 0 Å². The highest BCUT2D eigenvalue weighted by atomic mass is 16.3. The molecular formula is C39H30N2O. The lowest BCUT2D eigenvalue weighted by molar-refractivity contribution is 0.620. The number of nitrogens with zero attached hydrogens (tertiary/aromatic N) is 2. The number of hydrogen-bond acceptors (Lipinski definition) is 3. The lowest BCUT2D eigenvalue weighted by Crippen LogP contribution is -2.09. The van der Waals surface area contributed by atoms with Crippen LogP contribution in [0.1, 0.15) is 11.1 Å². The number of anilines is 3. The van der Waals surface area contributed by atoms with Crippen LogP contribution in [-0.2, 0) is 0 Å². The molecular weight excluding hydrogens is 512 g/mol. The third-order valence-corrected chi connectivity index (χ3v) is 7.69. The average molecular weight is 543 g/mol. The summed E-state index contributed by atoms with van der Waals surface area (Å²) in [6, 6.07) is 51.2. The number of para-hydroxylation sites is 2. The first-order chi connectivity index (χ1) is 20.6. The molecule has 42 heavy (non-hydrogen) atoms. The van der Waals surface area contributed by atoms with Gasteiger partial charge in [-0.1, -0.05) is 96.1 Å². The Morgan fingerprint density at radius 1 is 0.429 bits per heavy atom. The number of benzene rings is 6. The second-order valence-electron chi connectivity index (χ2n) is 10.7. The maximum absolute atomic E-state index is 5.93. The molecule has 0 aliphatic carbocycles. The predicted molar refractivity (Wildman–Crippen MR) is 174 cm³/mol. The minimum atomic E-state index is 0.643. The summed E-state index contributed by atoms with van der Waals surface area (Å²) in [6.45, 7) is 4.24. The first-order valence-corrected chi connectivity index (χ1v) is 14.2. The molecule has 0 aliphatic rings. The number of fused-ring (bicyclic) bond motifs is 1. The predicted octanol–water partition coefficient (Wildman–Crippen LogP) is 10.9. The van der Waals surface area contributed by atoms with E-state index in [2.05, 4.69) is 145 Å². The van der Waals surface area contributed by atoms with Crippen LogP contribution in [0.3, 0.4) is 0 Å². The molecule has 1 aromatic heterocycles. The van der Waals surface area contributed by atoms with Crippen molar-refractivity contribution in [3.8, 4) is 33.7 Å². The number of hydrogen-bond donors (Lipinski definition) is 0. The molecule has 3 heteroatoms. The highest BCUT2D eigenvalue weighted by Crippen LogP contribution is 2.36. The molecule has 7 aromatic rings. The Labute approximate surface area is 246 Å². The van der Waals surface area contributed by atoms with Crippen molar-refractivity contribution in [3.63, 3.8) is 0 Å². The Bertz CT molecular complexity index is 1870. The molecule has 3 nitrogen and oxygen atoms in total. The van der Waals surface area contributed by atoms with Gasteiger partial charge in [0.1, 0.15) is 5.52 Å². The first kappa shape index (κ1) is 25.6. The zero-order chi connectivity index (χ0) is 28.5. The fourth-order valence-electron chi connectivity index (χ4n) is 5.29. The van der Waals surface area contributed by atoms with E-state index >= 15 is 0 Å². The van der Waals surface area contributed by atoms with E-state index < -0.39 is 0 Å². The van der Waals surface area contributed by atoms with Crippen molar-refractivity contribution in [2.75, 3.05) is 4.90 Å². The summed E-state index contributed by atoms with van der Waals surface area (Å²) in [7, 11) is 0. The van der Waals surface area contributed by atoms with E-state index in [1.165, 1.54) is 27.8 Å². The van der Waals surface area contributed by atoms with E-state index in [1.807, 2.05) is 24.3 Å². The van der Waals surface area contributed by atoms with Gasteiger partial charge in [0.2, 0.25) is 5.89 Å². The molecule has 0 aliphatic heterocycles. The van der Waals surface area contributed by atoms with E-state index in [0.717, 1.165) is 39.3 Å². The third-order valence-electron chi connectivity index (χ3n) is 7.69. The molecule has 1 heterocycles. The number of oxazole rings is 1. The lowest BCUT2D eigenvalue weighted by Gasteiger charge is -2.26. The van der Waals surface area contributed by atoms with Gasteiger partial charge in [0.25, 0.3) is 0 Å². The first-order valence-electron chi connectivity index (χ1n) is 14.2. The standard InChI is InChI=1S/C39H30N2O/c1-27-7-21-34(22-8-27)41(35-23-9-28(2)10-24-35)36-25-19-32(20-26-36)30-13-11-29(12-14-30)31-15-17-33(18-16-31)39-40-37-5-3-4-6-38(37)42-39/h3-26H,1-2H3. The van der Waals surface area contributed by atoms with Crippen molar-refractivity contribution in [2.24, 2.45) is 0 Å². The minimum absolute atomic E-state index is 0.643. The zero-order valence-corrected chi connectivity index (χ0v) is 23.7. The third kappa shape index (κ3) is 5.09. The van der Waals surface area contributed by atoms with Gasteiger partial charge in [-0.25, -0.2) is 4.98 Å². The lowest BCUT2D eigenvalue weighted by atomic mass is 9.99. The molecule has 0 atom stereocenters. The topological polar surface area (TPSA) is 29.3 Å². The van der Waals surface area contributed by atoms with Crippen LogP contribution in [-0.4, -0.2) is 4.98 Å². The van der Waals surface area contributed by atoms with Gasteiger partial charge in [0, 0.05) is 22.6 Å². The minimum Gasteiger partial charge on any atom is -0.436 e. The van der Waals surface area contributed by atoms with Crippen LogP contribution in [0.25, 0.3) is 44.8 Å². The van der Waals surface area contributed by atoms with Crippen LogP contribution >= 0.6 is 0 Å². The monoisotopic (exact) mass is 542 g/mol. The Kier molecular flexibility index (Phi) is 6.61. The SMILES string of the molecule is Cc1ccc(N(c2ccc(C)cc2)c2ccc(-c3ccc(-c4ccc(-c5nc6ccccc6o5)cc4)cc3)cc2)cc1. The van der Waals surface area contributed by atoms with E-state index in [0.29, 0.717) is 5.89 Å².